The third-order valence-corrected chi connectivity index (χ3v) is 8.45. The molecule has 7 nitrogen and oxygen atoms in total. The van der Waals surface area contributed by atoms with Gasteiger partial charge in [-0.25, -0.2) is 4.79 Å². The van der Waals surface area contributed by atoms with E-state index in [1.54, 1.807) is 32.2 Å². The van der Waals surface area contributed by atoms with Crippen molar-refractivity contribution in [3.05, 3.63) is 79.9 Å². The van der Waals surface area contributed by atoms with Gasteiger partial charge in [-0.15, -0.1) is 0 Å². The van der Waals surface area contributed by atoms with Crippen LogP contribution in [-0.2, 0) is 20.9 Å². The fourth-order valence-electron chi connectivity index (χ4n) is 6.69. The molecule has 0 aromatic heterocycles. The fourth-order valence-corrected chi connectivity index (χ4v) is 7.00. The van der Waals surface area contributed by atoms with E-state index in [0.29, 0.717) is 28.2 Å². The molecule has 0 N–H and O–H groups in total. The van der Waals surface area contributed by atoms with Crippen LogP contribution in [0.4, 0.5) is 5.69 Å². The predicted molar refractivity (Wildman–Crippen MR) is 146 cm³/mol. The Balaban J connectivity index is 1.50. The molecule has 0 aliphatic heterocycles. The Morgan fingerprint density at radius 2 is 1.71 bits per heavy atom. The lowest BCUT2D eigenvalue weighted by Gasteiger charge is -2.51. The maximum Gasteiger partial charge on any atom is 0.330 e. The van der Waals surface area contributed by atoms with Crippen molar-refractivity contribution in [2.75, 3.05) is 13.7 Å². The summed E-state index contributed by atoms with van der Waals surface area (Å²) in [6.07, 6.45) is 9.22. The van der Waals surface area contributed by atoms with Crippen LogP contribution in [0.3, 0.4) is 0 Å². The average molecular weight is 538 g/mol. The van der Waals surface area contributed by atoms with E-state index >= 15 is 0 Å². The summed E-state index contributed by atoms with van der Waals surface area (Å²) < 4.78 is 17.3. The van der Waals surface area contributed by atoms with E-state index in [1.807, 2.05) is 12.1 Å². The first kappa shape index (κ1) is 26.3. The van der Waals surface area contributed by atoms with Crippen molar-refractivity contribution < 1.29 is 23.9 Å². The molecule has 0 amide bonds. The highest BCUT2D eigenvalue weighted by Crippen LogP contribution is 2.58. The van der Waals surface area contributed by atoms with Crippen LogP contribution in [-0.4, -0.2) is 24.6 Å². The summed E-state index contributed by atoms with van der Waals surface area (Å²) in [6.45, 7) is 2.18. The molecule has 4 aliphatic rings. The van der Waals surface area contributed by atoms with E-state index in [-0.39, 0.29) is 18.9 Å². The normalized spacial score (nSPS) is 23.5. The van der Waals surface area contributed by atoms with Crippen molar-refractivity contribution in [3.63, 3.8) is 0 Å². The molecule has 6 rings (SSSR count). The Morgan fingerprint density at radius 1 is 1.05 bits per heavy atom. The number of hydrogen-bond acceptors (Lipinski definition) is 6. The van der Waals surface area contributed by atoms with Gasteiger partial charge >= 0.3 is 5.97 Å². The number of methoxy groups -OCH3 is 1. The van der Waals surface area contributed by atoms with E-state index in [0.717, 1.165) is 28.7 Å². The number of nitrogens with zero attached hydrogens (tertiary/aromatic N) is 1. The highest BCUT2D eigenvalue weighted by molar-refractivity contribution is 6.34. The third kappa shape index (κ3) is 5.30. The van der Waals surface area contributed by atoms with Crippen molar-refractivity contribution >= 4 is 35.1 Å². The number of halogens is 1. The number of esters is 1. The van der Waals surface area contributed by atoms with E-state index in [1.165, 1.54) is 55.9 Å². The number of nitro benzene ring substituents is 1. The van der Waals surface area contributed by atoms with Gasteiger partial charge in [-0.2, -0.15) is 0 Å². The number of allylic oxidation sites excluding steroid dienone is 1. The first-order valence-electron chi connectivity index (χ1n) is 13.2. The Kier molecular flexibility index (Phi) is 7.75. The van der Waals surface area contributed by atoms with Crippen LogP contribution in [0.1, 0.15) is 55.7 Å². The quantitative estimate of drug-likeness (QED) is 0.110. The second-order valence-electron chi connectivity index (χ2n) is 10.4. The van der Waals surface area contributed by atoms with Gasteiger partial charge in [0, 0.05) is 29.3 Å². The molecule has 0 saturated heterocycles. The number of hydrogen-bond donors (Lipinski definition) is 0. The number of ether oxygens (including phenoxy) is 3. The molecule has 0 atom stereocenters. The zero-order valence-corrected chi connectivity index (χ0v) is 22.4. The number of nitro groups is 1. The van der Waals surface area contributed by atoms with Gasteiger partial charge in [-0.1, -0.05) is 17.7 Å². The average Bonchev–Trinajstić information content (AvgIpc) is 2.89. The van der Waals surface area contributed by atoms with Crippen molar-refractivity contribution in [2.45, 2.75) is 45.6 Å². The zero-order valence-electron chi connectivity index (χ0n) is 21.7. The van der Waals surface area contributed by atoms with Crippen molar-refractivity contribution in [1.29, 1.82) is 0 Å². The minimum atomic E-state index is -0.456. The number of benzene rings is 2. The van der Waals surface area contributed by atoms with Crippen LogP contribution in [0.15, 0.2) is 48.0 Å². The van der Waals surface area contributed by atoms with Gasteiger partial charge in [0.2, 0.25) is 0 Å². The molecule has 200 valence electrons. The van der Waals surface area contributed by atoms with E-state index in [4.69, 9.17) is 25.8 Å². The van der Waals surface area contributed by atoms with Crippen LogP contribution >= 0.6 is 11.6 Å². The molecule has 0 heterocycles. The molecular formula is C30H32ClNO6. The fraction of sp³-hybridized carbons (Fsp3) is 0.433. The van der Waals surface area contributed by atoms with E-state index in [2.05, 4.69) is 0 Å². The van der Waals surface area contributed by atoms with E-state index < -0.39 is 10.9 Å². The lowest BCUT2D eigenvalue weighted by atomic mass is 9.54. The van der Waals surface area contributed by atoms with Crippen LogP contribution in [0.5, 0.6) is 5.75 Å². The van der Waals surface area contributed by atoms with Gasteiger partial charge in [0.05, 0.1) is 23.7 Å². The molecule has 2 aromatic rings. The first-order chi connectivity index (χ1) is 18.4. The number of carbonyl (C=O) groups is 1. The monoisotopic (exact) mass is 537 g/mol. The molecule has 38 heavy (non-hydrogen) atoms. The van der Waals surface area contributed by atoms with Crippen molar-refractivity contribution in [1.82, 2.24) is 0 Å². The van der Waals surface area contributed by atoms with Gasteiger partial charge in [-0.05, 0) is 98.1 Å². The Morgan fingerprint density at radius 3 is 2.29 bits per heavy atom. The number of carbonyl (C=O) groups excluding carboxylic acids is 1. The maximum atomic E-state index is 12.0. The standard InChI is InChI=1S/C30H32ClNO6/c1-3-37-26(33)11-7-21-6-10-25(28(31)29(21)38-17-18-4-8-24(9-5-18)32(34)35)30(36-2)27-22-13-19-12-20(15-22)16-23(27)14-19/h4-11,19-20,22-23H,3,12-17H2,1-2H3/b11-7+,30-27?. The third-order valence-electron chi connectivity index (χ3n) is 8.07. The molecule has 4 bridgehead atoms. The minimum Gasteiger partial charge on any atom is -0.496 e. The molecular weight excluding hydrogens is 506 g/mol. The second-order valence-corrected chi connectivity index (χ2v) is 10.8. The molecule has 0 spiro atoms. The molecule has 4 saturated carbocycles. The summed E-state index contributed by atoms with van der Waals surface area (Å²) in [5.41, 5.74) is 3.56. The molecule has 2 aromatic carbocycles. The minimum absolute atomic E-state index is 0.0128. The zero-order chi connectivity index (χ0) is 26.8. The Bertz CT molecular complexity index is 1250. The summed E-state index contributed by atoms with van der Waals surface area (Å²) in [5.74, 6) is 3.51. The highest BCUT2D eigenvalue weighted by Gasteiger charge is 2.47. The van der Waals surface area contributed by atoms with Gasteiger partial charge in [0.15, 0.2) is 0 Å². The van der Waals surface area contributed by atoms with Gasteiger partial charge in [0.1, 0.15) is 18.1 Å². The molecule has 0 radical (unpaired) electrons. The van der Waals surface area contributed by atoms with Crippen LogP contribution in [0.2, 0.25) is 5.02 Å². The molecule has 8 heteroatoms. The van der Waals surface area contributed by atoms with Crippen LogP contribution < -0.4 is 4.74 Å². The summed E-state index contributed by atoms with van der Waals surface area (Å²) in [6, 6.07) is 10.00. The van der Waals surface area contributed by atoms with Gasteiger partial charge in [0.25, 0.3) is 5.69 Å². The largest absolute Gasteiger partial charge is 0.496 e. The predicted octanol–water partition coefficient (Wildman–Crippen LogP) is 7.22. The van der Waals surface area contributed by atoms with Gasteiger partial charge < -0.3 is 14.2 Å². The van der Waals surface area contributed by atoms with Crippen LogP contribution in [0.25, 0.3) is 11.8 Å². The summed E-state index contributed by atoms with van der Waals surface area (Å²) >= 11 is 7.03. The number of rotatable bonds is 9. The lowest BCUT2D eigenvalue weighted by molar-refractivity contribution is -0.384. The SMILES string of the molecule is CCOC(=O)/C=C/c1ccc(C(OC)=C2C3CC4CC(C3)CC2C4)c(Cl)c1OCc1ccc([N+](=O)[O-])cc1. The van der Waals surface area contributed by atoms with Crippen LogP contribution in [0, 0.1) is 33.8 Å². The first-order valence-corrected chi connectivity index (χ1v) is 13.6. The number of non-ortho nitro benzene ring substituents is 1. The Hall–Kier alpha value is -3.32. The molecule has 4 fully saturated rings. The van der Waals surface area contributed by atoms with Crippen molar-refractivity contribution in [2.24, 2.45) is 23.7 Å². The maximum absolute atomic E-state index is 12.0. The summed E-state index contributed by atoms with van der Waals surface area (Å²) in [4.78, 5) is 22.5. The summed E-state index contributed by atoms with van der Waals surface area (Å²) in [5, 5.41) is 11.4. The lowest BCUT2D eigenvalue weighted by Crippen LogP contribution is -2.40. The highest BCUT2D eigenvalue weighted by atomic mass is 35.5. The Labute approximate surface area is 227 Å². The second kappa shape index (κ2) is 11.2. The summed E-state index contributed by atoms with van der Waals surface area (Å²) in [7, 11) is 1.70. The molecule has 0 unspecified atom stereocenters. The molecule has 4 aliphatic carbocycles. The smallest absolute Gasteiger partial charge is 0.330 e. The van der Waals surface area contributed by atoms with Crippen molar-refractivity contribution in [3.8, 4) is 5.75 Å². The van der Waals surface area contributed by atoms with Gasteiger partial charge in [-0.3, -0.25) is 10.1 Å². The topological polar surface area (TPSA) is 87.9 Å². The van der Waals surface area contributed by atoms with E-state index in [9.17, 15) is 14.9 Å².